The molecule has 0 spiro atoms. The van der Waals surface area contributed by atoms with Crippen LogP contribution in [0.3, 0.4) is 0 Å². The quantitative estimate of drug-likeness (QED) is 0.920. The van der Waals surface area contributed by atoms with Crippen molar-refractivity contribution in [2.75, 3.05) is 25.2 Å². The molecule has 0 bridgehead atoms. The number of amides is 2. The molecule has 5 heteroatoms. The molecule has 2 aliphatic rings. The monoisotopic (exact) mass is 302 g/mol. The lowest BCUT2D eigenvalue weighted by atomic mass is 9.88. The van der Waals surface area contributed by atoms with Crippen LogP contribution < -0.4 is 10.2 Å². The number of methoxy groups -OCH3 is 1. The maximum atomic E-state index is 13.0. The molecule has 5 nitrogen and oxygen atoms in total. The van der Waals surface area contributed by atoms with Gasteiger partial charge in [-0.25, -0.2) is 0 Å². The summed E-state index contributed by atoms with van der Waals surface area (Å²) in [5.74, 6) is -0.0943. The number of anilines is 1. The van der Waals surface area contributed by atoms with E-state index in [4.69, 9.17) is 4.74 Å². The van der Waals surface area contributed by atoms with Gasteiger partial charge in [0.15, 0.2) is 0 Å². The third-order valence-electron chi connectivity index (χ3n) is 4.55. The zero-order valence-electron chi connectivity index (χ0n) is 12.9. The van der Waals surface area contributed by atoms with Crippen molar-refractivity contribution in [3.63, 3.8) is 0 Å². The number of carbonyl (C=O) groups is 2. The summed E-state index contributed by atoms with van der Waals surface area (Å²) < 4.78 is 5.18. The summed E-state index contributed by atoms with van der Waals surface area (Å²) >= 11 is 0. The molecule has 2 heterocycles. The Morgan fingerprint density at radius 1 is 1.36 bits per heavy atom. The molecule has 0 unspecified atom stereocenters. The molecule has 118 valence electrons. The maximum Gasteiger partial charge on any atom is 0.232 e. The van der Waals surface area contributed by atoms with Gasteiger partial charge in [-0.3, -0.25) is 9.59 Å². The summed E-state index contributed by atoms with van der Waals surface area (Å²) in [6.07, 6.45) is 3.00. The Morgan fingerprint density at radius 2 is 2.18 bits per heavy atom. The largest absolute Gasteiger partial charge is 0.383 e. The Hall–Kier alpha value is -1.88. The first-order valence-electron chi connectivity index (χ1n) is 7.88. The van der Waals surface area contributed by atoms with E-state index in [1.165, 1.54) is 5.56 Å². The molecule has 2 aliphatic heterocycles. The number of para-hydroxylation sites is 1. The number of nitrogens with one attached hydrogen (secondary N) is 1. The molecule has 1 N–H and O–H groups in total. The fourth-order valence-corrected chi connectivity index (χ4v) is 3.46. The number of aryl methyl sites for hydroxylation is 1. The third kappa shape index (κ3) is 2.86. The van der Waals surface area contributed by atoms with E-state index >= 15 is 0 Å². The van der Waals surface area contributed by atoms with Crippen molar-refractivity contribution in [1.29, 1.82) is 0 Å². The van der Waals surface area contributed by atoms with Gasteiger partial charge >= 0.3 is 0 Å². The predicted octanol–water partition coefficient (Wildman–Crippen LogP) is 1.51. The van der Waals surface area contributed by atoms with Gasteiger partial charge in [0.2, 0.25) is 11.8 Å². The van der Waals surface area contributed by atoms with Crippen molar-refractivity contribution in [2.24, 2.45) is 5.92 Å². The molecule has 0 aromatic heterocycles. The van der Waals surface area contributed by atoms with Crippen LogP contribution in [0, 0.1) is 5.92 Å². The van der Waals surface area contributed by atoms with Gasteiger partial charge < -0.3 is 15.0 Å². The lowest BCUT2D eigenvalue weighted by molar-refractivity contribution is -0.130. The smallest absolute Gasteiger partial charge is 0.232 e. The standard InChI is InChI=1S/C17H22N2O3/c1-22-11-14-13(8-9-16(20)18-14)17(21)19-10-4-6-12-5-2-3-7-15(12)19/h2-3,5,7,13-14H,4,6,8-11H2,1H3,(H,18,20)/t13-,14-/m1/s1. The second-order valence-electron chi connectivity index (χ2n) is 6.00. The number of ether oxygens (including phenoxy) is 1. The summed E-state index contributed by atoms with van der Waals surface area (Å²) in [5.41, 5.74) is 2.25. The number of hydrogen-bond donors (Lipinski definition) is 1. The third-order valence-corrected chi connectivity index (χ3v) is 4.55. The molecule has 3 rings (SSSR count). The zero-order chi connectivity index (χ0) is 15.5. The van der Waals surface area contributed by atoms with Crippen LogP contribution in [0.25, 0.3) is 0 Å². The summed E-state index contributed by atoms with van der Waals surface area (Å²) in [4.78, 5) is 26.5. The SMILES string of the molecule is COC[C@H]1NC(=O)CC[C@H]1C(=O)N1CCCc2ccccc21. The molecule has 2 amide bonds. The lowest BCUT2D eigenvalue weighted by Crippen LogP contribution is -2.54. The topological polar surface area (TPSA) is 58.6 Å². The number of piperidine rings is 1. The van der Waals surface area contributed by atoms with Crippen LogP contribution in [0.4, 0.5) is 5.69 Å². The van der Waals surface area contributed by atoms with Gasteiger partial charge in [-0.05, 0) is 30.9 Å². The van der Waals surface area contributed by atoms with Crippen LogP contribution in [0.1, 0.15) is 24.8 Å². The minimum atomic E-state index is -0.229. The summed E-state index contributed by atoms with van der Waals surface area (Å²) in [6, 6.07) is 7.86. The first kappa shape index (κ1) is 15.0. The summed E-state index contributed by atoms with van der Waals surface area (Å²) in [7, 11) is 1.60. The zero-order valence-corrected chi connectivity index (χ0v) is 12.9. The molecule has 1 fully saturated rings. The van der Waals surface area contributed by atoms with E-state index in [0.29, 0.717) is 19.4 Å². The molecule has 2 atom stereocenters. The van der Waals surface area contributed by atoms with E-state index in [2.05, 4.69) is 11.4 Å². The maximum absolute atomic E-state index is 13.0. The van der Waals surface area contributed by atoms with Crippen molar-refractivity contribution in [3.05, 3.63) is 29.8 Å². The van der Waals surface area contributed by atoms with Crippen LogP contribution >= 0.6 is 0 Å². The van der Waals surface area contributed by atoms with E-state index in [0.717, 1.165) is 25.1 Å². The van der Waals surface area contributed by atoms with Crippen LogP contribution in [0.2, 0.25) is 0 Å². The van der Waals surface area contributed by atoms with Crippen molar-refractivity contribution < 1.29 is 14.3 Å². The number of benzene rings is 1. The lowest BCUT2D eigenvalue weighted by Gasteiger charge is -2.37. The number of fused-ring (bicyclic) bond motifs is 1. The van der Waals surface area contributed by atoms with Crippen molar-refractivity contribution in [2.45, 2.75) is 31.7 Å². The highest BCUT2D eigenvalue weighted by atomic mass is 16.5. The summed E-state index contributed by atoms with van der Waals surface area (Å²) in [5, 5.41) is 2.90. The van der Waals surface area contributed by atoms with Gasteiger partial charge in [0.1, 0.15) is 0 Å². The van der Waals surface area contributed by atoms with E-state index in [9.17, 15) is 9.59 Å². The van der Waals surface area contributed by atoms with Crippen LogP contribution in [-0.4, -0.2) is 38.1 Å². The Balaban J connectivity index is 1.82. The first-order chi connectivity index (χ1) is 10.7. The van der Waals surface area contributed by atoms with Crippen molar-refractivity contribution >= 4 is 17.5 Å². The Labute approximate surface area is 130 Å². The van der Waals surface area contributed by atoms with Gasteiger partial charge in [0.05, 0.1) is 18.6 Å². The van der Waals surface area contributed by atoms with Gasteiger partial charge in [0, 0.05) is 25.8 Å². The normalized spacial score (nSPS) is 24.6. The number of rotatable bonds is 3. The molecule has 1 aromatic rings. The summed E-state index contributed by atoms with van der Waals surface area (Å²) in [6.45, 7) is 1.12. The van der Waals surface area contributed by atoms with Gasteiger partial charge in [0.25, 0.3) is 0 Å². The highest BCUT2D eigenvalue weighted by Crippen LogP contribution is 2.30. The molecular formula is C17H22N2O3. The molecule has 0 radical (unpaired) electrons. The van der Waals surface area contributed by atoms with Gasteiger partial charge in [-0.1, -0.05) is 18.2 Å². The Kier molecular flexibility index (Phi) is 4.43. The average molecular weight is 302 g/mol. The second-order valence-corrected chi connectivity index (χ2v) is 6.00. The van der Waals surface area contributed by atoms with E-state index in [-0.39, 0.29) is 23.8 Å². The average Bonchev–Trinajstić information content (AvgIpc) is 2.54. The molecule has 1 saturated heterocycles. The molecule has 0 aliphatic carbocycles. The van der Waals surface area contributed by atoms with Gasteiger partial charge in [-0.2, -0.15) is 0 Å². The predicted molar refractivity (Wildman–Crippen MR) is 83.6 cm³/mol. The van der Waals surface area contributed by atoms with Crippen molar-refractivity contribution in [1.82, 2.24) is 5.32 Å². The fourth-order valence-electron chi connectivity index (χ4n) is 3.46. The Morgan fingerprint density at radius 3 is 3.00 bits per heavy atom. The minimum Gasteiger partial charge on any atom is -0.383 e. The Bertz CT molecular complexity index is 573. The van der Waals surface area contributed by atoms with Crippen LogP contribution in [-0.2, 0) is 20.7 Å². The van der Waals surface area contributed by atoms with Crippen LogP contribution in [0.5, 0.6) is 0 Å². The number of nitrogens with zero attached hydrogens (tertiary/aromatic N) is 1. The highest BCUT2D eigenvalue weighted by molar-refractivity contribution is 5.97. The molecule has 22 heavy (non-hydrogen) atoms. The van der Waals surface area contributed by atoms with Crippen LogP contribution in [0.15, 0.2) is 24.3 Å². The highest BCUT2D eigenvalue weighted by Gasteiger charge is 2.37. The molecular weight excluding hydrogens is 280 g/mol. The first-order valence-corrected chi connectivity index (χ1v) is 7.88. The minimum absolute atomic E-state index is 0.00476. The van der Waals surface area contributed by atoms with Crippen molar-refractivity contribution in [3.8, 4) is 0 Å². The van der Waals surface area contributed by atoms with E-state index in [1.807, 2.05) is 23.1 Å². The molecule has 0 saturated carbocycles. The van der Waals surface area contributed by atoms with Gasteiger partial charge in [-0.15, -0.1) is 0 Å². The van der Waals surface area contributed by atoms with E-state index in [1.54, 1.807) is 7.11 Å². The van der Waals surface area contributed by atoms with E-state index < -0.39 is 0 Å². The second kappa shape index (κ2) is 6.48. The number of hydrogen-bond acceptors (Lipinski definition) is 3. The fraction of sp³-hybridized carbons (Fsp3) is 0.529. The molecule has 1 aromatic carbocycles. The number of carbonyl (C=O) groups excluding carboxylic acids is 2.